The van der Waals surface area contributed by atoms with Gasteiger partial charge in [0.15, 0.2) is 0 Å². The van der Waals surface area contributed by atoms with Crippen molar-refractivity contribution in [1.29, 1.82) is 0 Å². The Kier molecular flexibility index (Phi) is 5.15. The average Bonchev–Trinajstić information content (AvgIpc) is 2.25. The number of esters is 1. The molecule has 0 aliphatic carbocycles. The number of carbonyl (C=O) groups is 1. The second-order valence-corrected chi connectivity index (χ2v) is 3.53. The summed E-state index contributed by atoms with van der Waals surface area (Å²) < 4.78 is 9.97. The Bertz CT molecular complexity index is 298. The summed E-state index contributed by atoms with van der Waals surface area (Å²) in [7, 11) is 0. The van der Waals surface area contributed by atoms with E-state index in [1.807, 2.05) is 6.07 Å². The minimum Gasteiger partial charge on any atom is -0.460 e. The lowest BCUT2D eigenvalue weighted by molar-refractivity contribution is 0.0286. The summed E-state index contributed by atoms with van der Waals surface area (Å²) >= 11 is 5.55. The van der Waals surface area contributed by atoms with Gasteiger partial charge in [-0.3, -0.25) is 0 Å². The number of hydrogen-bond donors (Lipinski definition) is 0. The molecule has 0 amide bonds. The molecule has 0 saturated carbocycles. The Morgan fingerprint density at radius 1 is 1.33 bits per heavy atom. The largest absolute Gasteiger partial charge is 0.460 e. The van der Waals surface area contributed by atoms with Crippen molar-refractivity contribution < 1.29 is 14.3 Å². The minimum absolute atomic E-state index is 0.213. The molecular weight excluding hydrogens is 216 g/mol. The lowest BCUT2D eigenvalue weighted by Gasteiger charge is -2.06. The van der Waals surface area contributed by atoms with Gasteiger partial charge in [-0.05, 0) is 19.1 Å². The first kappa shape index (κ1) is 12.0. The van der Waals surface area contributed by atoms with Crippen LogP contribution in [0.25, 0.3) is 0 Å². The Balaban J connectivity index is 2.25. The summed E-state index contributed by atoms with van der Waals surface area (Å²) in [4.78, 5) is 11.4. The maximum absolute atomic E-state index is 11.4. The number of hydrogen-bond acceptors (Lipinski definition) is 3. The zero-order valence-corrected chi connectivity index (χ0v) is 9.24. The van der Waals surface area contributed by atoms with E-state index in [0.29, 0.717) is 12.2 Å². The molecule has 1 aromatic rings. The lowest BCUT2D eigenvalue weighted by atomic mass is 10.2. The minimum atomic E-state index is -0.361. The van der Waals surface area contributed by atoms with Crippen LogP contribution in [0, 0.1) is 0 Å². The molecule has 0 bridgehead atoms. The van der Waals surface area contributed by atoms with Crippen molar-refractivity contribution in [2.24, 2.45) is 0 Å². The molecule has 0 N–H and O–H groups in total. The van der Waals surface area contributed by atoms with Crippen LogP contribution >= 0.6 is 11.6 Å². The van der Waals surface area contributed by atoms with E-state index in [1.54, 1.807) is 31.2 Å². The molecule has 4 heteroatoms. The van der Waals surface area contributed by atoms with Crippen molar-refractivity contribution in [3.8, 4) is 0 Å². The van der Waals surface area contributed by atoms with Crippen LogP contribution in [0.3, 0.4) is 0 Å². The third-order valence-corrected chi connectivity index (χ3v) is 1.80. The van der Waals surface area contributed by atoms with Gasteiger partial charge >= 0.3 is 5.97 Å². The average molecular weight is 229 g/mol. The highest BCUT2D eigenvalue weighted by Gasteiger charge is 2.05. The highest BCUT2D eigenvalue weighted by molar-refractivity contribution is 6.19. The van der Waals surface area contributed by atoms with Crippen molar-refractivity contribution in [3.63, 3.8) is 0 Å². The maximum atomic E-state index is 11.4. The zero-order chi connectivity index (χ0) is 11.1. The third-order valence-electron chi connectivity index (χ3n) is 1.67. The van der Waals surface area contributed by atoms with E-state index >= 15 is 0 Å². The molecule has 1 rings (SSSR count). The van der Waals surface area contributed by atoms with Gasteiger partial charge in [0, 0.05) is 0 Å². The second kappa shape index (κ2) is 6.43. The Morgan fingerprint density at radius 2 is 2.00 bits per heavy atom. The smallest absolute Gasteiger partial charge is 0.338 e. The van der Waals surface area contributed by atoms with Crippen molar-refractivity contribution in [2.45, 2.75) is 12.5 Å². The first-order valence-corrected chi connectivity index (χ1v) is 5.11. The number of rotatable bonds is 5. The molecule has 0 aliphatic rings. The van der Waals surface area contributed by atoms with Gasteiger partial charge in [0.05, 0.1) is 12.2 Å². The fraction of sp³-hybridized carbons (Fsp3) is 0.364. The molecule has 15 heavy (non-hydrogen) atoms. The van der Waals surface area contributed by atoms with Crippen LogP contribution in [0.15, 0.2) is 30.3 Å². The van der Waals surface area contributed by atoms with Crippen molar-refractivity contribution in [1.82, 2.24) is 0 Å². The quantitative estimate of drug-likeness (QED) is 0.441. The monoisotopic (exact) mass is 228 g/mol. The van der Waals surface area contributed by atoms with Gasteiger partial charge in [0.1, 0.15) is 12.2 Å². The maximum Gasteiger partial charge on any atom is 0.338 e. The highest BCUT2D eigenvalue weighted by atomic mass is 35.5. The zero-order valence-electron chi connectivity index (χ0n) is 8.48. The Morgan fingerprint density at radius 3 is 2.60 bits per heavy atom. The summed E-state index contributed by atoms with van der Waals surface area (Å²) in [5, 5.41) is 0. The molecule has 82 valence electrons. The Labute approximate surface area is 93.9 Å². The molecule has 0 radical (unpaired) electrons. The van der Waals surface area contributed by atoms with Crippen molar-refractivity contribution in [2.75, 3.05) is 13.2 Å². The van der Waals surface area contributed by atoms with E-state index in [2.05, 4.69) is 0 Å². The molecule has 3 nitrogen and oxygen atoms in total. The van der Waals surface area contributed by atoms with E-state index in [-0.39, 0.29) is 18.1 Å². The molecule has 1 atom stereocenters. The van der Waals surface area contributed by atoms with Crippen molar-refractivity contribution in [3.05, 3.63) is 35.9 Å². The van der Waals surface area contributed by atoms with E-state index in [1.165, 1.54) is 0 Å². The molecule has 1 aromatic carbocycles. The number of carbonyl (C=O) groups excluding carboxylic acids is 1. The van der Waals surface area contributed by atoms with Crippen LogP contribution in [0.1, 0.15) is 17.3 Å². The first-order chi connectivity index (χ1) is 7.20. The Hall–Kier alpha value is -1.06. The van der Waals surface area contributed by atoms with Gasteiger partial charge < -0.3 is 9.47 Å². The van der Waals surface area contributed by atoms with Crippen LogP contribution in [-0.2, 0) is 9.47 Å². The summed E-state index contributed by atoms with van der Waals surface area (Å²) in [6.45, 7) is 2.23. The first-order valence-electron chi connectivity index (χ1n) is 4.68. The predicted molar refractivity (Wildman–Crippen MR) is 58.0 cm³/mol. The summed E-state index contributed by atoms with van der Waals surface area (Å²) in [6, 6.07) is 8.82. The SMILES string of the molecule is CC(Cl)OCCOC(=O)c1ccccc1. The van der Waals surface area contributed by atoms with Gasteiger partial charge in [0.2, 0.25) is 0 Å². The van der Waals surface area contributed by atoms with Crippen LogP contribution in [0.4, 0.5) is 0 Å². The van der Waals surface area contributed by atoms with Gasteiger partial charge in [0.25, 0.3) is 0 Å². The van der Waals surface area contributed by atoms with Crippen LogP contribution in [0.5, 0.6) is 0 Å². The van der Waals surface area contributed by atoms with Gasteiger partial charge in [-0.2, -0.15) is 0 Å². The van der Waals surface area contributed by atoms with Gasteiger partial charge in [-0.25, -0.2) is 4.79 Å². The van der Waals surface area contributed by atoms with Crippen LogP contribution < -0.4 is 0 Å². The topological polar surface area (TPSA) is 35.5 Å². The molecule has 0 aromatic heterocycles. The summed E-state index contributed by atoms with van der Waals surface area (Å²) in [5.74, 6) is -0.346. The van der Waals surface area contributed by atoms with E-state index in [4.69, 9.17) is 21.1 Å². The van der Waals surface area contributed by atoms with E-state index in [9.17, 15) is 4.79 Å². The molecule has 1 unspecified atom stereocenters. The fourth-order valence-electron chi connectivity index (χ4n) is 1.00. The number of alkyl halides is 1. The normalized spacial score (nSPS) is 12.1. The predicted octanol–water partition coefficient (Wildman–Crippen LogP) is 2.44. The van der Waals surface area contributed by atoms with Gasteiger partial charge in [-0.1, -0.05) is 29.8 Å². The molecule has 0 fully saturated rings. The van der Waals surface area contributed by atoms with Gasteiger partial charge in [-0.15, -0.1) is 0 Å². The van der Waals surface area contributed by atoms with Crippen LogP contribution in [-0.4, -0.2) is 24.7 Å². The number of halogens is 1. The molecule has 0 aliphatic heterocycles. The van der Waals surface area contributed by atoms with Crippen LogP contribution in [0.2, 0.25) is 0 Å². The summed E-state index contributed by atoms with van der Waals surface area (Å²) in [5.41, 5.74) is 0.178. The standard InChI is InChI=1S/C11H13ClO3/c1-9(12)14-7-8-15-11(13)10-5-3-2-4-6-10/h2-6,9H,7-8H2,1H3. The molecule has 0 spiro atoms. The van der Waals surface area contributed by atoms with E-state index < -0.39 is 0 Å². The highest BCUT2D eigenvalue weighted by Crippen LogP contribution is 2.01. The summed E-state index contributed by atoms with van der Waals surface area (Å²) in [6.07, 6.45) is 0. The number of ether oxygens (including phenoxy) is 2. The second-order valence-electron chi connectivity index (χ2n) is 2.92. The fourth-order valence-corrected chi connectivity index (χ4v) is 1.09. The molecular formula is C11H13ClO3. The van der Waals surface area contributed by atoms with Crippen molar-refractivity contribution >= 4 is 17.6 Å². The number of benzene rings is 1. The molecule has 0 heterocycles. The molecule has 0 saturated heterocycles. The van der Waals surface area contributed by atoms with E-state index in [0.717, 1.165) is 0 Å². The third kappa shape index (κ3) is 4.81. The lowest BCUT2D eigenvalue weighted by Crippen LogP contribution is -2.12.